The molecule has 1 atom stereocenters. The molecule has 0 aliphatic rings. The fourth-order valence-corrected chi connectivity index (χ4v) is 1.87. The maximum atomic E-state index is 12.9. The van der Waals surface area contributed by atoms with Crippen LogP contribution in [0.5, 0.6) is 0 Å². The molecule has 1 heterocycles. The Kier molecular flexibility index (Phi) is 3.71. The molecule has 0 saturated heterocycles. The van der Waals surface area contributed by atoms with Gasteiger partial charge in [0.05, 0.1) is 6.04 Å². The average Bonchev–Trinajstić information content (AvgIpc) is 2.81. The summed E-state index contributed by atoms with van der Waals surface area (Å²) in [6.07, 6.45) is 2.07. The van der Waals surface area contributed by atoms with Crippen LogP contribution in [0.2, 0.25) is 5.02 Å². The molecule has 0 bridgehead atoms. The number of halogens is 2. The van der Waals surface area contributed by atoms with Crippen molar-refractivity contribution in [2.24, 2.45) is 0 Å². The Labute approximate surface area is 103 Å². The van der Waals surface area contributed by atoms with Crippen molar-refractivity contribution >= 4 is 11.6 Å². The number of benzene rings is 1. The summed E-state index contributed by atoms with van der Waals surface area (Å²) in [6.45, 7) is 0. The largest absolute Gasteiger partial charge is 0.310 e. The van der Waals surface area contributed by atoms with Crippen LogP contribution in [0.1, 0.15) is 17.4 Å². The summed E-state index contributed by atoms with van der Waals surface area (Å²) in [5.41, 5.74) is 0.865. The number of aromatic amines is 1. The fraction of sp³-hybridized carbons (Fsp3) is 0.273. The van der Waals surface area contributed by atoms with Crippen molar-refractivity contribution in [3.8, 4) is 0 Å². The molecule has 0 aliphatic carbocycles. The lowest BCUT2D eigenvalue weighted by atomic mass is 10.1. The molecule has 1 unspecified atom stereocenters. The number of rotatable bonds is 4. The lowest BCUT2D eigenvalue weighted by Gasteiger charge is -2.14. The number of H-pyrrole nitrogens is 1. The maximum absolute atomic E-state index is 12.9. The third-order valence-electron chi connectivity index (χ3n) is 2.55. The summed E-state index contributed by atoms with van der Waals surface area (Å²) >= 11 is 5.98. The molecule has 0 spiro atoms. The van der Waals surface area contributed by atoms with Crippen LogP contribution in [0.4, 0.5) is 4.39 Å². The van der Waals surface area contributed by atoms with Gasteiger partial charge in [-0.15, -0.1) is 0 Å². The maximum Gasteiger partial charge on any atom is 0.141 e. The van der Waals surface area contributed by atoms with Gasteiger partial charge >= 0.3 is 0 Å². The number of hydrogen-bond acceptors (Lipinski definition) is 3. The van der Waals surface area contributed by atoms with Gasteiger partial charge in [0.1, 0.15) is 18.0 Å². The van der Waals surface area contributed by atoms with Crippen LogP contribution in [0.15, 0.2) is 24.5 Å². The van der Waals surface area contributed by atoms with Gasteiger partial charge in [-0.1, -0.05) is 17.7 Å². The van der Waals surface area contributed by atoms with Crippen LogP contribution in [-0.4, -0.2) is 22.2 Å². The Hall–Kier alpha value is -1.46. The van der Waals surface area contributed by atoms with E-state index in [1.165, 1.54) is 18.5 Å². The number of likely N-dealkylation sites (N-methyl/N-ethyl adjacent to an activating group) is 1. The Morgan fingerprint density at radius 3 is 2.94 bits per heavy atom. The second-order valence-corrected chi connectivity index (χ2v) is 4.06. The molecule has 0 aliphatic heterocycles. The van der Waals surface area contributed by atoms with E-state index in [4.69, 9.17) is 11.6 Å². The molecule has 17 heavy (non-hydrogen) atoms. The first-order chi connectivity index (χ1) is 8.20. The lowest BCUT2D eigenvalue weighted by Crippen LogP contribution is -2.20. The summed E-state index contributed by atoms with van der Waals surface area (Å²) in [7, 11) is 1.82. The van der Waals surface area contributed by atoms with Crippen LogP contribution >= 0.6 is 11.6 Å². The first-order valence-electron chi connectivity index (χ1n) is 5.17. The van der Waals surface area contributed by atoms with Crippen molar-refractivity contribution in [1.82, 2.24) is 20.5 Å². The standard InChI is InChI=1S/C11H12ClFN4/c1-14-10(11-15-6-16-17-11)4-7-2-3-8(13)5-9(7)12/h2-3,5-6,10,14H,4H2,1H3,(H,15,16,17). The van der Waals surface area contributed by atoms with Crippen LogP contribution in [0.25, 0.3) is 0 Å². The van der Waals surface area contributed by atoms with Gasteiger partial charge in [0, 0.05) is 5.02 Å². The molecule has 1 aromatic heterocycles. The van der Waals surface area contributed by atoms with Gasteiger partial charge in [0.15, 0.2) is 0 Å². The molecule has 0 saturated carbocycles. The number of nitrogens with zero attached hydrogens (tertiary/aromatic N) is 2. The molecular weight excluding hydrogens is 243 g/mol. The summed E-state index contributed by atoms with van der Waals surface area (Å²) in [4.78, 5) is 4.08. The van der Waals surface area contributed by atoms with Crippen molar-refractivity contribution in [2.75, 3.05) is 7.05 Å². The Bertz CT molecular complexity index is 486. The van der Waals surface area contributed by atoms with E-state index in [0.717, 1.165) is 11.4 Å². The molecule has 2 rings (SSSR count). The van der Waals surface area contributed by atoms with Gasteiger partial charge in [0.2, 0.25) is 0 Å². The van der Waals surface area contributed by atoms with E-state index >= 15 is 0 Å². The zero-order chi connectivity index (χ0) is 12.3. The van der Waals surface area contributed by atoms with E-state index in [-0.39, 0.29) is 11.9 Å². The second kappa shape index (κ2) is 5.25. The minimum Gasteiger partial charge on any atom is -0.310 e. The topological polar surface area (TPSA) is 53.6 Å². The van der Waals surface area contributed by atoms with E-state index in [1.807, 2.05) is 7.05 Å². The highest BCUT2D eigenvalue weighted by Gasteiger charge is 2.14. The molecule has 90 valence electrons. The minimum absolute atomic E-state index is 0.0274. The van der Waals surface area contributed by atoms with Crippen molar-refractivity contribution in [2.45, 2.75) is 12.5 Å². The molecule has 0 radical (unpaired) electrons. The molecular formula is C11H12ClFN4. The SMILES string of the molecule is CNC(Cc1ccc(F)cc1Cl)c1ncn[nH]1. The smallest absolute Gasteiger partial charge is 0.141 e. The average molecular weight is 255 g/mol. The van der Waals surface area contributed by atoms with Crippen molar-refractivity contribution in [3.05, 3.63) is 46.8 Å². The Balaban J connectivity index is 2.19. The molecule has 0 fully saturated rings. The lowest BCUT2D eigenvalue weighted by molar-refractivity contribution is 0.558. The van der Waals surface area contributed by atoms with Gasteiger partial charge < -0.3 is 5.32 Å². The third kappa shape index (κ3) is 2.81. The predicted octanol–water partition coefficient (Wildman–Crippen LogP) is 2.10. The number of nitrogens with one attached hydrogen (secondary N) is 2. The molecule has 6 heteroatoms. The second-order valence-electron chi connectivity index (χ2n) is 3.65. The van der Waals surface area contributed by atoms with Gasteiger partial charge in [-0.25, -0.2) is 9.37 Å². The number of hydrogen-bond donors (Lipinski definition) is 2. The highest BCUT2D eigenvalue weighted by atomic mass is 35.5. The van der Waals surface area contributed by atoms with Crippen LogP contribution in [0, 0.1) is 5.82 Å². The highest BCUT2D eigenvalue weighted by Crippen LogP contribution is 2.22. The molecule has 2 aromatic rings. The van der Waals surface area contributed by atoms with Gasteiger partial charge in [0.25, 0.3) is 0 Å². The Morgan fingerprint density at radius 2 is 2.35 bits per heavy atom. The molecule has 4 nitrogen and oxygen atoms in total. The number of aromatic nitrogens is 3. The zero-order valence-electron chi connectivity index (χ0n) is 9.24. The normalized spacial score (nSPS) is 12.6. The monoisotopic (exact) mass is 254 g/mol. The third-order valence-corrected chi connectivity index (χ3v) is 2.90. The van der Waals surface area contributed by atoms with E-state index in [2.05, 4.69) is 20.5 Å². The quantitative estimate of drug-likeness (QED) is 0.879. The first-order valence-corrected chi connectivity index (χ1v) is 5.55. The summed E-state index contributed by atoms with van der Waals surface area (Å²) in [5.74, 6) is 0.396. The predicted molar refractivity (Wildman–Crippen MR) is 63.3 cm³/mol. The summed E-state index contributed by atoms with van der Waals surface area (Å²) in [6, 6.07) is 4.36. The van der Waals surface area contributed by atoms with Crippen molar-refractivity contribution < 1.29 is 4.39 Å². The minimum atomic E-state index is -0.334. The van der Waals surface area contributed by atoms with Crippen LogP contribution in [0.3, 0.4) is 0 Å². The van der Waals surface area contributed by atoms with Gasteiger partial charge in [-0.2, -0.15) is 5.10 Å². The summed E-state index contributed by atoms with van der Waals surface area (Å²) < 4.78 is 12.9. The zero-order valence-corrected chi connectivity index (χ0v) is 10.0. The Morgan fingerprint density at radius 1 is 1.53 bits per heavy atom. The van der Waals surface area contributed by atoms with Crippen LogP contribution in [-0.2, 0) is 6.42 Å². The van der Waals surface area contributed by atoms with Gasteiger partial charge in [-0.3, -0.25) is 5.10 Å². The molecule has 2 N–H and O–H groups in total. The van der Waals surface area contributed by atoms with Crippen LogP contribution < -0.4 is 5.32 Å². The van der Waals surface area contributed by atoms with Crippen molar-refractivity contribution in [3.63, 3.8) is 0 Å². The molecule has 1 aromatic carbocycles. The molecule has 0 amide bonds. The first kappa shape index (κ1) is 12.0. The summed E-state index contributed by atoms with van der Waals surface area (Å²) in [5, 5.41) is 10.1. The van der Waals surface area contributed by atoms with E-state index in [0.29, 0.717) is 11.4 Å². The van der Waals surface area contributed by atoms with E-state index in [9.17, 15) is 4.39 Å². The van der Waals surface area contributed by atoms with E-state index < -0.39 is 0 Å². The van der Waals surface area contributed by atoms with Gasteiger partial charge in [-0.05, 0) is 31.2 Å². The van der Waals surface area contributed by atoms with Crippen molar-refractivity contribution in [1.29, 1.82) is 0 Å². The van der Waals surface area contributed by atoms with E-state index in [1.54, 1.807) is 6.07 Å². The fourth-order valence-electron chi connectivity index (χ4n) is 1.63. The highest BCUT2D eigenvalue weighted by molar-refractivity contribution is 6.31.